The average Bonchev–Trinajstić information content (AvgIpc) is 2.42. The predicted molar refractivity (Wildman–Crippen MR) is 51.5 cm³/mol. The number of aromatic nitrogens is 2. The Morgan fingerprint density at radius 1 is 1.64 bits per heavy atom. The van der Waals surface area contributed by atoms with Crippen molar-refractivity contribution in [2.75, 3.05) is 7.11 Å². The first-order valence-corrected chi connectivity index (χ1v) is 4.46. The zero-order valence-corrected chi connectivity index (χ0v) is 8.70. The summed E-state index contributed by atoms with van der Waals surface area (Å²) < 4.78 is 1.81. The summed E-state index contributed by atoms with van der Waals surface area (Å²) in [6, 6.07) is 1.98. The summed E-state index contributed by atoms with van der Waals surface area (Å²) in [4.78, 5) is 15.6. The Morgan fingerprint density at radius 2 is 2.36 bits per heavy atom. The van der Waals surface area contributed by atoms with E-state index in [1.807, 2.05) is 24.6 Å². The molecule has 0 aliphatic heterocycles. The van der Waals surface area contributed by atoms with Crippen molar-refractivity contribution < 1.29 is 9.63 Å². The van der Waals surface area contributed by atoms with Crippen LogP contribution in [0.2, 0.25) is 0 Å². The fourth-order valence-corrected chi connectivity index (χ4v) is 1.27. The van der Waals surface area contributed by atoms with Crippen LogP contribution < -0.4 is 5.48 Å². The third kappa shape index (κ3) is 2.85. The molecule has 78 valence electrons. The number of hydrogen-bond donors (Lipinski definition) is 1. The lowest BCUT2D eigenvalue weighted by atomic mass is 10.4. The lowest BCUT2D eigenvalue weighted by molar-refractivity contribution is -0.131. The molecule has 0 saturated carbocycles. The molecule has 0 atom stereocenters. The number of hydrogen-bond acceptors (Lipinski definition) is 3. The van der Waals surface area contributed by atoms with Crippen LogP contribution >= 0.6 is 0 Å². The van der Waals surface area contributed by atoms with Crippen molar-refractivity contribution in [2.45, 2.75) is 26.8 Å². The monoisotopic (exact) mass is 197 g/mol. The summed E-state index contributed by atoms with van der Waals surface area (Å²) in [5.74, 6) is -0.139. The molecule has 1 N–H and O–H groups in total. The molecule has 0 aromatic carbocycles. The lowest BCUT2D eigenvalue weighted by Crippen LogP contribution is -2.23. The van der Waals surface area contributed by atoms with Gasteiger partial charge in [-0.15, -0.1) is 0 Å². The molecule has 0 aliphatic rings. The van der Waals surface area contributed by atoms with Gasteiger partial charge in [-0.25, -0.2) is 5.48 Å². The molecule has 1 amide bonds. The summed E-state index contributed by atoms with van der Waals surface area (Å²) in [5.41, 5.74) is 4.29. The lowest BCUT2D eigenvalue weighted by Gasteiger charge is -2.03. The second-order valence-electron chi connectivity index (χ2n) is 3.13. The highest BCUT2D eigenvalue weighted by atomic mass is 16.6. The topological polar surface area (TPSA) is 56.1 Å². The largest absolute Gasteiger partial charge is 0.277 e. The second kappa shape index (κ2) is 4.76. The van der Waals surface area contributed by atoms with E-state index in [4.69, 9.17) is 0 Å². The van der Waals surface area contributed by atoms with Crippen molar-refractivity contribution in [3.63, 3.8) is 0 Å². The van der Waals surface area contributed by atoms with Crippen molar-refractivity contribution in [1.29, 1.82) is 0 Å². The van der Waals surface area contributed by atoms with Crippen LogP contribution in [-0.2, 0) is 16.2 Å². The fourth-order valence-electron chi connectivity index (χ4n) is 1.27. The van der Waals surface area contributed by atoms with Gasteiger partial charge in [0.2, 0.25) is 5.91 Å². The van der Waals surface area contributed by atoms with Crippen LogP contribution in [0.3, 0.4) is 0 Å². The number of nitrogens with zero attached hydrogens (tertiary/aromatic N) is 2. The van der Waals surface area contributed by atoms with E-state index in [1.165, 1.54) is 7.11 Å². The normalized spacial score (nSPS) is 10.2. The molecule has 0 radical (unpaired) electrons. The SMILES string of the molecule is CONC(=O)CCn1nc(C)cc1C. The minimum absolute atomic E-state index is 0.139. The first kappa shape index (κ1) is 10.7. The summed E-state index contributed by atoms with van der Waals surface area (Å²) in [5, 5.41) is 4.24. The molecule has 0 aliphatic carbocycles. The first-order valence-electron chi connectivity index (χ1n) is 4.46. The molecule has 1 heterocycles. The highest BCUT2D eigenvalue weighted by molar-refractivity contribution is 5.74. The van der Waals surface area contributed by atoms with Gasteiger partial charge < -0.3 is 0 Å². The molecule has 0 saturated heterocycles. The standard InChI is InChI=1S/C9H15N3O2/c1-7-6-8(2)12(10-7)5-4-9(13)11-14-3/h6H,4-5H2,1-3H3,(H,11,13). The predicted octanol–water partition coefficient (Wildman–Crippen LogP) is 0.568. The van der Waals surface area contributed by atoms with E-state index in [-0.39, 0.29) is 5.91 Å². The van der Waals surface area contributed by atoms with E-state index >= 15 is 0 Å². The van der Waals surface area contributed by atoms with Gasteiger partial charge in [0.25, 0.3) is 0 Å². The van der Waals surface area contributed by atoms with E-state index in [2.05, 4.69) is 15.4 Å². The van der Waals surface area contributed by atoms with Crippen LogP contribution in [0.15, 0.2) is 6.07 Å². The third-order valence-corrected chi connectivity index (χ3v) is 1.87. The summed E-state index contributed by atoms with van der Waals surface area (Å²) in [7, 11) is 1.42. The van der Waals surface area contributed by atoms with E-state index in [9.17, 15) is 4.79 Å². The van der Waals surface area contributed by atoms with Crippen molar-refractivity contribution in [1.82, 2.24) is 15.3 Å². The summed E-state index contributed by atoms with van der Waals surface area (Å²) in [6.45, 7) is 4.47. The quantitative estimate of drug-likeness (QED) is 0.718. The van der Waals surface area contributed by atoms with Crippen molar-refractivity contribution in [2.24, 2.45) is 0 Å². The molecular formula is C9H15N3O2. The Labute approximate surface area is 83.0 Å². The van der Waals surface area contributed by atoms with Gasteiger partial charge in [-0.05, 0) is 19.9 Å². The Kier molecular flexibility index (Phi) is 3.64. The van der Waals surface area contributed by atoms with Gasteiger partial charge in [-0.1, -0.05) is 0 Å². The fraction of sp³-hybridized carbons (Fsp3) is 0.556. The molecule has 5 nitrogen and oxygen atoms in total. The molecule has 14 heavy (non-hydrogen) atoms. The van der Waals surface area contributed by atoms with E-state index in [1.54, 1.807) is 0 Å². The van der Waals surface area contributed by atoms with Crippen LogP contribution in [0.1, 0.15) is 17.8 Å². The van der Waals surface area contributed by atoms with E-state index in [0.717, 1.165) is 11.4 Å². The number of carbonyl (C=O) groups is 1. The molecular weight excluding hydrogens is 182 g/mol. The maximum Gasteiger partial charge on any atom is 0.245 e. The van der Waals surface area contributed by atoms with Crippen LogP contribution in [0.5, 0.6) is 0 Å². The Bertz CT molecular complexity index is 320. The van der Waals surface area contributed by atoms with Crippen LogP contribution in [0.25, 0.3) is 0 Å². The minimum Gasteiger partial charge on any atom is -0.277 e. The zero-order valence-electron chi connectivity index (χ0n) is 8.70. The van der Waals surface area contributed by atoms with Gasteiger partial charge in [-0.2, -0.15) is 5.10 Å². The van der Waals surface area contributed by atoms with Gasteiger partial charge in [0.1, 0.15) is 0 Å². The van der Waals surface area contributed by atoms with Gasteiger partial charge in [0, 0.05) is 12.1 Å². The Balaban J connectivity index is 2.45. The molecule has 0 spiro atoms. The number of rotatable bonds is 4. The molecule has 0 unspecified atom stereocenters. The minimum atomic E-state index is -0.139. The number of amides is 1. The van der Waals surface area contributed by atoms with E-state index < -0.39 is 0 Å². The molecule has 0 bridgehead atoms. The molecule has 5 heteroatoms. The first-order chi connectivity index (χ1) is 6.63. The smallest absolute Gasteiger partial charge is 0.245 e. The molecule has 1 aromatic rings. The third-order valence-electron chi connectivity index (χ3n) is 1.87. The zero-order chi connectivity index (χ0) is 10.6. The number of nitrogens with one attached hydrogen (secondary N) is 1. The van der Waals surface area contributed by atoms with Crippen LogP contribution in [-0.4, -0.2) is 22.8 Å². The average molecular weight is 197 g/mol. The van der Waals surface area contributed by atoms with Gasteiger partial charge >= 0.3 is 0 Å². The maximum atomic E-state index is 11.1. The number of carbonyl (C=O) groups excluding carboxylic acids is 1. The number of hydroxylamine groups is 1. The second-order valence-corrected chi connectivity index (χ2v) is 3.13. The van der Waals surface area contributed by atoms with E-state index in [0.29, 0.717) is 13.0 Å². The number of aryl methyl sites for hydroxylation is 3. The Hall–Kier alpha value is -1.36. The molecule has 1 rings (SSSR count). The Morgan fingerprint density at radius 3 is 2.86 bits per heavy atom. The maximum absolute atomic E-state index is 11.1. The van der Waals surface area contributed by atoms with Crippen molar-refractivity contribution >= 4 is 5.91 Å². The molecule has 1 aromatic heterocycles. The highest BCUT2D eigenvalue weighted by Gasteiger charge is 2.04. The van der Waals surface area contributed by atoms with Gasteiger partial charge in [-0.3, -0.25) is 14.3 Å². The van der Waals surface area contributed by atoms with Crippen molar-refractivity contribution in [3.05, 3.63) is 17.5 Å². The van der Waals surface area contributed by atoms with Crippen LogP contribution in [0.4, 0.5) is 0 Å². The summed E-state index contributed by atoms with van der Waals surface area (Å²) in [6.07, 6.45) is 0.371. The summed E-state index contributed by atoms with van der Waals surface area (Å²) >= 11 is 0. The van der Waals surface area contributed by atoms with Crippen LogP contribution in [0, 0.1) is 13.8 Å². The van der Waals surface area contributed by atoms with Gasteiger partial charge in [0.15, 0.2) is 0 Å². The molecule has 0 fully saturated rings. The highest BCUT2D eigenvalue weighted by Crippen LogP contribution is 2.02. The van der Waals surface area contributed by atoms with Crippen molar-refractivity contribution in [3.8, 4) is 0 Å². The van der Waals surface area contributed by atoms with Gasteiger partial charge in [0.05, 0.1) is 19.3 Å².